The predicted octanol–water partition coefficient (Wildman–Crippen LogP) is 9.52. The van der Waals surface area contributed by atoms with Crippen LogP contribution in [0.4, 0.5) is 22.7 Å². The molecule has 0 radical (unpaired) electrons. The van der Waals surface area contributed by atoms with Crippen molar-refractivity contribution < 1.29 is 95.4 Å². The van der Waals surface area contributed by atoms with Gasteiger partial charge in [-0.25, -0.2) is 0 Å². The van der Waals surface area contributed by atoms with Crippen molar-refractivity contribution in [3.63, 3.8) is 0 Å². The lowest BCUT2D eigenvalue weighted by molar-refractivity contribution is -0.870. The molecule has 10 heteroatoms. The third-order valence-electron chi connectivity index (χ3n) is 19.5. The van der Waals surface area contributed by atoms with E-state index in [1.54, 1.807) is 0 Å². The van der Waals surface area contributed by atoms with E-state index in [4.69, 9.17) is 4.74 Å². The van der Waals surface area contributed by atoms with E-state index in [-0.39, 0.29) is 100 Å². The highest BCUT2D eigenvalue weighted by molar-refractivity contribution is 6.04. The molecule has 90 heavy (non-hydrogen) atoms. The standard InChI is InChI=1S/C41H57N3O.C39H51N2O.3HI/c1-10-27-42-35-21-14-12-19-33(35)40(3,4)37(42)25-23-31-17-16-18-32(39(31)45-30-29-44(7,8)9)24-26-38-41(5,6)34-20-13-15-22-36(34)43(38)28-11-2;1-7-26-40-34-20-11-9-18-32(34)38(3,4)36(40)24-22-29-15-13-16-30(31(29)17-14-28-42)23-25-37-39(5,6)33-19-10-12-21-35(33)41(37)27-8-2;;;/h12-15,19-26H,10-11,16-18,27-30H2,1-9H3;9-12,18-25,42H,7-8,13-17,26-28H2,1-6H3;3*1H/q+2;+1;;;/p-3. The summed E-state index contributed by atoms with van der Waals surface area (Å²) in [5.41, 5.74) is 23.4. The highest BCUT2D eigenvalue weighted by Crippen LogP contribution is 2.50. The van der Waals surface area contributed by atoms with E-state index in [9.17, 15) is 5.11 Å². The van der Waals surface area contributed by atoms with Gasteiger partial charge in [0.15, 0.2) is 11.4 Å². The number of fused-ring (bicyclic) bond motifs is 4. The largest absolute Gasteiger partial charge is 1.00 e. The van der Waals surface area contributed by atoms with Gasteiger partial charge in [-0.1, -0.05) is 146 Å². The summed E-state index contributed by atoms with van der Waals surface area (Å²) >= 11 is 0. The van der Waals surface area contributed by atoms with Crippen molar-refractivity contribution >= 4 is 34.2 Å². The van der Waals surface area contributed by atoms with Gasteiger partial charge in [-0.05, 0) is 161 Å². The number of nitrogens with zero attached hydrogens (tertiary/aromatic N) is 5. The second-order valence-electron chi connectivity index (χ2n) is 28.4. The molecule has 486 valence electrons. The van der Waals surface area contributed by atoms with E-state index in [0.717, 1.165) is 120 Å². The lowest BCUT2D eigenvalue weighted by atomic mass is 9.80. The molecule has 4 aromatic rings. The van der Waals surface area contributed by atoms with Crippen LogP contribution in [0.1, 0.15) is 182 Å². The van der Waals surface area contributed by atoms with E-state index in [2.05, 4.69) is 269 Å². The number of aliphatic hydroxyl groups is 1. The zero-order chi connectivity index (χ0) is 62.3. The smallest absolute Gasteiger partial charge is 0.209 e. The Hall–Kier alpha value is -4.35. The first-order valence-corrected chi connectivity index (χ1v) is 33.6. The van der Waals surface area contributed by atoms with Gasteiger partial charge in [0.1, 0.15) is 32.0 Å². The molecule has 0 saturated carbocycles. The van der Waals surface area contributed by atoms with E-state index < -0.39 is 0 Å². The highest BCUT2D eigenvalue weighted by atomic mass is 127. The number of hydrogen-bond donors (Lipinski definition) is 1. The summed E-state index contributed by atoms with van der Waals surface area (Å²) in [5, 5.41) is 9.81. The van der Waals surface area contributed by atoms with E-state index in [1.165, 1.54) is 95.7 Å². The van der Waals surface area contributed by atoms with Gasteiger partial charge in [0.05, 0.1) is 32.0 Å². The average molecular weight is 1550 g/mol. The lowest BCUT2D eigenvalue weighted by Crippen LogP contribution is -3.00. The molecule has 0 spiro atoms. The van der Waals surface area contributed by atoms with Crippen LogP contribution in [0.25, 0.3) is 0 Å². The summed E-state index contributed by atoms with van der Waals surface area (Å²) < 4.78 is 12.7. The molecule has 2 aliphatic carbocycles. The second kappa shape index (κ2) is 32.2. The summed E-state index contributed by atoms with van der Waals surface area (Å²) in [5.74, 6) is 1.09. The summed E-state index contributed by atoms with van der Waals surface area (Å²) in [7, 11) is 6.71. The Labute approximate surface area is 596 Å². The van der Waals surface area contributed by atoms with Gasteiger partial charge >= 0.3 is 0 Å². The fraction of sp³-hybridized carbons (Fsp3) is 0.475. The van der Waals surface area contributed by atoms with Crippen molar-refractivity contribution in [1.29, 1.82) is 0 Å². The molecule has 1 N–H and O–H groups in total. The van der Waals surface area contributed by atoms with Crippen molar-refractivity contribution in [1.82, 2.24) is 0 Å². The SMILES string of the molecule is CCCN1/C(=C/C=C2\CCCC(/C=C/C3=[N+](CCC)c4ccccc4C3(C)C)=C2CCCO)C(C)(C)c2ccccc21.CCCN1/C(=C/C=C2\CCCC(/C=C/C3=[N+](CCC)c4ccccc4C3(C)C)=C2OCC[N+](C)(C)C)C(C)(C)c2ccccc21.[I-].[I-].[I-]. The number of hydrogen-bond acceptors (Lipinski definition) is 4. The van der Waals surface area contributed by atoms with Crippen LogP contribution < -0.4 is 81.7 Å². The molecule has 7 nitrogen and oxygen atoms in total. The van der Waals surface area contributed by atoms with Crippen molar-refractivity contribution in [2.75, 3.05) is 76.9 Å². The maximum atomic E-state index is 9.81. The van der Waals surface area contributed by atoms with Crippen molar-refractivity contribution in [2.24, 2.45) is 0 Å². The van der Waals surface area contributed by atoms with Crippen LogP contribution >= 0.6 is 0 Å². The molecule has 4 aliphatic heterocycles. The maximum Gasteiger partial charge on any atom is 0.209 e. The third kappa shape index (κ3) is 15.7. The van der Waals surface area contributed by atoms with Crippen molar-refractivity contribution in [2.45, 2.75) is 182 Å². The molecule has 4 heterocycles. The highest BCUT2D eigenvalue weighted by Gasteiger charge is 2.46. The van der Waals surface area contributed by atoms with Crippen LogP contribution in [0.5, 0.6) is 0 Å². The fourth-order valence-electron chi connectivity index (χ4n) is 14.9. The molecule has 10 rings (SSSR count). The van der Waals surface area contributed by atoms with Crippen LogP contribution in [0.15, 0.2) is 191 Å². The zero-order valence-electron chi connectivity index (χ0n) is 57.5. The predicted molar refractivity (Wildman–Crippen MR) is 371 cm³/mol. The van der Waals surface area contributed by atoms with Gasteiger partial charge in [0, 0.05) is 102 Å². The first-order chi connectivity index (χ1) is 41.6. The van der Waals surface area contributed by atoms with Gasteiger partial charge in [-0.2, -0.15) is 9.15 Å². The first kappa shape index (κ1) is 74.7. The fourth-order valence-corrected chi connectivity index (χ4v) is 14.9. The normalized spacial score (nSPS) is 20.4. The number of aliphatic hydroxyl groups excluding tert-OH is 1. The van der Waals surface area contributed by atoms with E-state index in [1.807, 2.05) is 0 Å². The lowest BCUT2D eigenvalue weighted by Gasteiger charge is -2.28. The summed E-state index contributed by atoms with van der Waals surface area (Å²) in [4.78, 5) is 5.07. The number of likely N-dealkylation sites (N-methyl/N-ethyl adjacent to an activating group) is 1. The number of para-hydroxylation sites is 4. The van der Waals surface area contributed by atoms with E-state index >= 15 is 0 Å². The van der Waals surface area contributed by atoms with Crippen molar-refractivity contribution in [3.05, 3.63) is 213 Å². The van der Waals surface area contributed by atoms with Crippen LogP contribution in [0.2, 0.25) is 0 Å². The molecule has 0 saturated heterocycles. The molecule has 0 amide bonds. The molecule has 0 atom stereocenters. The quantitative estimate of drug-likeness (QED) is 0.0514. The van der Waals surface area contributed by atoms with Gasteiger partial charge < -0.3 is 96.1 Å². The molecule has 0 aromatic heterocycles. The monoisotopic (exact) mass is 1550 g/mol. The third-order valence-corrected chi connectivity index (χ3v) is 19.5. The number of anilines is 2. The summed E-state index contributed by atoms with van der Waals surface area (Å²) in [6.45, 7) is 34.0. The Bertz CT molecular complexity index is 3500. The Balaban J connectivity index is 0.000000278. The van der Waals surface area contributed by atoms with Gasteiger partial charge in [-0.15, -0.1) is 0 Å². The van der Waals surface area contributed by atoms with E-state index in [0.29, 0.717) is 6.61 Å². The van der Waals surface area contributed by atoms with Crippen LogP contribution in [-0.4, -0.2) is 97.2 Å². The van der Waals surface area contributed by atoms with Crippen LogP contribution in [0.3, 0.4) is 0 Å². The Kier molecular flexibility index (Phi) is 26.7. The number of quaternary nitrogens is 1. The van der Waals surface area contributed by atoms with Crippen LogP contribution in [0, 0.1) is 0 Å². The average Bonchev–Trinajstić information content (AvgIpc) is 1.70. The second-order valence-corrected chi connectivity index (χ2v) is 28.4. The van der Waals surface area contributed by atoms with Gasteiger partial charge in [0.2, 0.25) is 11.4 Å². The number of benzene rings is 4. The Morgan fingerprint density at radius 1 is 0.500 bits per heavy atom. The molecular weight excluding hydrogens is 1440 g/mol. The molecule has 4 aromatic carbocycles. The molecule has 6 aliphatic rings. The topological polar surface area (TPSA) is 42.0 Å². The minimum Gasteiger partial charge on any atom is -1.00 e. The molecular formula is C80H108I3N5O2. The Morgan fingerprint density at radius 2 is 0.922 bits per heavy atom. The number of allylic oxidation sites excluding steroid dienone is 15. The maximum absolute atomic E-state index is 9.81. The van der Waals surface area contributed by atoms with Gasteiger partial charge in [0.25, 0.3) is 0 Å². The summed E-state index contributed by atoms with van der Waals surface area (Å²) in [6.07, 6.45) is 31.9. The number of ether oxygens (including phenoxy) is 1. The van der Waals surface area contributed by atoms with Crippen LogP contribution in [-0.2, 0) is 26.4 Å². The number of halogens is 3. The van der Waals surface area contributed by atoms with Gasteiger partial charge in [-0.3, -0.25) is 0 Å². The minimum absolute atomic E-state index is 0. The summed E-state index contributed by atoms with van der Waals surface area (Å²) in [6, 6.07) is 35.7. The molecule has 0 fully saturated rings. The Morgan fingerprint density at radius 3 is 1.38 bits per heavy atom. The molecule has 0 unspecified atom stereocenters. The zero-order valence-corrected chi connectivity index (χ0v) is 64.0. The molecule has 0 bridgehead atoms. The minimum atomic E-state index is -0.0445. The number of rotatable bonds is 21. The van der Waals surface area contributed by atoms with Crippen molar-refractivity contribution in [3.8, 4) is 0 Å². The first-order valence-electron chi connectivity index (χ1n) is 33.6.